The molecule has 0 spiro atoms. The van der Waals surface area contributed by atoms with E-state index in [0.717, 1.165) is 13.0 Å². The molecule has 7 nitrogen and oxygen atoms in total. The van der Waals surface area contributed by atoms with Crippen LogP contribution in [0.3, 0.4) is 0 Å². The summed E-state index contributed by atoms with van der Waals surface area (Å²) in [6.45, 7) is 5.00. The summed E-state index contributed by atoms with van der Waals surface area (Å²) >= 11 is 0. The topological polar surface area (TPSA) is 75.2 Å². The standard InChI is InChI=1S/C18H34N4O3/c1-18(24-11-12-25-18)9-10-19-17(21-14-16(23)22(2)3)20-13-15-7-5-4-6-8-15/h15H,4-14H2,1-3H3,(H2,19,20,21). The van der Waals surface area contributed by atoms with Crippen molar-refractivity contribution >= 4 is 11.9 Å². The van der Waals surface area contributed by atoms with E-state index < -0.39 is 5.79 Å². The number of aliphatic imine (C=N–C) groups is 1. The van der Waals surface area contributed by atoms with Gasteiger partial charge in [0.1, 0.15) is 6.54 Å². The molecule has 0 unspecified atom stereocenters. The molecule has 0 aromatic heterocycles. The highest BCUT2D eigenvalue weighted by Crippen LogP contribution is 2.23. The summed E-state index contributed by atoms with van der Waals surface area (Å²) in [5.41, 5.74) is 0. The van der Waals surface area contributed by atoms with Crippen molar-refractivity contribution in [2.24, 2.45) is 10.9 Å². The van der Waals surface area contributed by atoms with Gasteiger partial charge in [0.2, 0.25) is 5.91 Å². The Bertz CT molecular complexity index is 442. The van der Waals surface area contributed by atoms with Crippen LogP contribution in [0.5, 0.6) is 0 Å². The summed E-state index contributed by atoms with van der Waals surface area (Å²) in [5.74, 6) is 0.876. The lowest BCUT2D eigenvalue weighted by molar-refractivity contribution is -0.145. The number of nitrogens with one attached hydrogen (secondary N) is 2. The van der Waals surface area contributed by atoms with Crippen LogP contribution in [0, 0.1) is 5.92 Å². The van der Waals surface area contributed by atoms with Gasteiger partial charge in [-0.3, -0.25) is 4.79 Å². The van der Waals surface area contributed by atoms with Crippen molar-refractivity contribution in [3.63, 3.8) is 0 Å². The van der Waals surface area contributed by atoms with Gasteiger partial charge >= 0.3 is 0 Å². The number of guanidine groups is 1. The quantitative estimate of drug-likeness (QED) is 0.533. The van der Waals surface area contributed by atoms with E-state index in [1.807, 2.05) is 6.92 Å². The molecule has 1 saturated carbocycles. The average molecular weight is 354 g/mol. The molecule has 144 valence electrons. The highest BCUT2D eigenvalue weighted by Gasteiger charge is 2.30. The zero-order chi connectivity index (χ0) is 18.1. The van der Waals surface area contributed by atoms with Gasteiger partial charge in [-0.25, -0.2) is 4.99 Å². The third kappa shape index (κ3) is 7.20. The number of carbonyl (C=O) groups excluding carboxylic acids is 1. The molecule has 25 heavy (non-hydrogen) atoms. The fourth-order valence-corrected chi connectivity index (χ4v) is 3.20. The van der Waals surface area contributed by atoms with Gasteiger partial charge in [0.05, 0.1) is 13.2 Å². The molecule has 1 saturated heterocycles. The van der Waals surface area contributed by atoms with Crippen LogP contribution in [0.1, 0.15) is 45.4 Å². The van der Waals surface area contributed by atoms with Crippen LogP contribution in [-0.4, -0.2) is 69.5 Å². The lowest BCUT2D eigenvalue weighted by Gasteiger charge is -2.25. The zero-order valence-electron chi connectivity index (χ0n) is 16.0. The van der Waals surface area contributed by atoms with Crippen LogP contribution in [0.25, 0.3) is 0 Å². The average Bonchev–Trinajstić information content (AvgIpc) is 3.04. The monoisotopic (exact) mass is 354 g/mol. The highest BCUT2D eigenvalue weighted by molar-refractivity contribution is 5.84. The second-order valence-electron chi connectivity index (χ2n) is 7.35. The van der Waals surface area contributed by atoms with Gasteiger partial charge in [0.15, 0.2) is 11.7 Å². The summed E-state index contributed by atoms with van der Waals surface area (Å²) in [5, 5.41) is 6.72. The predicted molar refractivity (Wildman–Crippen MR) is 98.5 cm³/mol. The highest BCUT2D eigenvalue weighted by atomic mass is 16.7. The molecule has 0 radical (unpaired) electrons. The maximum absolute atomic E-state index is 11.8. The predicted octanol–water partition coefficient (Wildman–Crippen LogP) is 1.34. The maximum Gasteiger partial charge on any atom is 0.243 e. The SMILES string of the molecule is CN(C)C(=O)CN=C(NCCC1(C)OCCO1)NCC1CCCCC1. The third-order valence-corrected chi connectivity index (χ3v) is 4.92. The number of hydrogen-bond donors (Lipinski definition) is 2. The molecule has 2 fully saturated rings. The second kappa shape index (κ2) is 9.97. The van der Waals surface area contributed by atoms with Crippen molar-refractivity contribution in [1.29, 1.82) is 0 Å². The molecule has 0 bridgehead atoms. The number of amides is 1. The van der Waals surface area contributed by atoms with Crippen molar-refractivity contribution in [3.05, 3.63) is 0 Å². The number of rotatable bonds is 7. The second-order valence-corrected chi connectivity index (χ2v) is 7.35. The van der Waals surface area contributed by atoms with E-state index in [0.29, 0.717) is 31.6 Å². The molecule has 2 aliphatic rings. The van der Waals surface area contributed by atoms with Gasteiger partial charge < -0.3 is 25.0 Å². The summed E-state index contributed by atoms with van der Waals surface area (Å²) in [4.78, 5) is 17.8. The Morgan fingerprint density at radius 3 is 2.48 bits per heavy atom. The van der Waals surface area contributed by atoms with E-state index in [-0.39, 0.29) is 12.5 Å². The van der Waals surface area contributed by atoms with E-state index >= 15 is 0 Å². The Morgan fingerprint density at radius 2 is 1.84 bits per heavy atom. The Morgan fingerprint density at radius 1 is 1.16 bits per heavy atom. The molecule has 1 aliphatic carbocycles. The lowest BCUT2D eigenvalue weighted by atomic mass is 9.89. The molecule has 7 heteroatoms. The molecule has 2 rings (SSSR count). The first-order valence-corrected chi connectivity index (χ1v) is 9.49. The lowest BCUT2D eigenvalue weighted by Crippen LogP contribution is -2.43. The number of ether oxygens (including phenoxy) is 2. The number of nitrogens with zero attached hydrogens (tertiary/aromatic N) is 2. The van der Waals surface area contributed by atoms with Crippen LogP contribution >= 0.6 is 0 Å². The van der Waals surface area contributed by atoms with Gasteiger partial charge in [-0.2, -0.15) is 0 Å². The van der Waals surface area contributed by atoms with Crippen LogP contribution in [0.2, 0.25) is 0 Å². The summed E-state index contributed by atoms with van der Waals surface area (Å²) in [7, 11) is 3.49. The molecule has 0 atom stereocenters. The van der Waals surface area contributed by atoms with E-state index in [9.17, 15) is 4.79 Å². The molecule has 1 amide bonds. The smallest absolute Gasteiger partial charge is 0.243 e. The van der Waals surface area contributed by atoms with E-state index in [4.69, 9.17) is 9.47 Å². The zero-order valence-corrected chi connectivity index (χ0v) is 16.0. The summed E-state index contributed by atoms with van der Waals surface area (Å²) in [6, 6.07) is 0. The molecule has 0 aromatic rings. The van der Waals surface area contributed by atoms with Crippen molar-refractivity contribution in [2.75, 3.05) is 46.9 Å². The molecule has 1 heterocycles. The maximum atomic E-state index is 11.8. The van der Waals surface area contributed by atoms with Gasteiger partial charge in [-0.1, -0.05) is 19.3 Å². The fourth-order valence-electron chi connectivity index (χ4n) is 3.20. The summed E-state index contributed by atoms with van der Waals surface area (Å²) < 4.78 is 11.2. The molecule has 1 aliphatic heterocycles. The van der Waals surface area contributed by atoms with Crippen LogP contribution in [0.15, 0.2) is 4.99 Å². The Hall–Kier alpha value is -1.34. The minimum Gasteiger partial charge on any atom is -0.356 e. The van der Waals surface area contributed by atoms with Crippen molar-refractivity contribution in [1.82, 2.24) is 15.5 Å². The van der Waals surface area contributed by atoms with Crippen LogP contribution < -0.4 is 10.6 Å². The molecular formula is C18H34N4O3. The van der Waals surface area contributed by atoms with Gasteiger partial charge in [-0.15, -0.1) is 0 Å². The van der Waals surface area contributed by atoms with Crippen LogP contribution in [0.4, 0.5) is 0 Å². The van der Waals surface area contributed by atoms with E-state index in [2.05, 4.69) is 15.6 Å². The van der Waals surface area contributed by atoms with Gasteiger partial charge in [-0.05, 0) is 25.7 Å². The first-order valence-electron chi connectivity index (χ1n) is 9.49. The largest absolute Gasteiger partial charge is 0.356 e. The molecule has 2 N–H and O–H groups in total. The third-order valence-electron chi connectivity index (χ3n) is 4.92. The van der Waals surface area contributed by atoms with E-state index in [1.165, 1.54) is 32.1 Å². The normalized spacial score (nSPS) is 21.2. The minimum atomic E-state index is -0.513. The number of likely N-dealkylation sites (N-methyl/N-ethyl adjacent to an activating group) is 1. The van der Waals surface area contributed by atoms with Crippen LogP contribution in [-0.2, 0) is 14.3 Å². The van der Waals surface area contributed by atoms with Crippen molar-refractivity contribution in [3.8, 4) is 0 Å². The molecular weight excluding hydrogens is 320 g/mol. The van der Waals surface area contributed by atoms with Gasteiger partial charge in [0.25, 0.3) is 0 Å². The Kier molecular flexibility index (Phi) is 7.96. The van der Waals surface area contributed by atoms with Crippen molar-refractivity contribution in [2.45, 2.75) is 51.2 Å². The number of carbonyl (C=O) groups is 1. The summed E-state index contributed by atoms with van der Waals surface area (Å²) in [6.07, 6.45) is 7.27. The first-order chi connectivity index (χ1) is 12.0. The van der Waals surface area contributed by atoms with Crippen molar-refractivity contribution < 1.29 is 14.3 Å². The number of hydrogen-bond acceptors (Lipinski definition) is 4. The van der Waals surface area contributed by atoms with Gasteiger partial charge in [0, 0.05) is 33.6 Å². The minimum absolute atomic E-state index is 0.00631. The van der Waals surface area contributed by atoms with E-state index in [1.54, 1.807) is 19.0 Å². The Balaban J connectivity index is 1.81. The fraction of sp³-hybridized carbons (Fsp3) is 0.889. The Labute approximate surface area is 151 Å². The first kappa shape index (κ1) is 20.0. The molecule has 0 aromatic carbocycles.